The van der Waals surface area contributed by atoms with Gasteiger partial charge in [0, 0.05) is 6.54 Å². The molecule has 1 amide bonds. The molecule has 4 heteroatoms. The molecular formula is C12H25N3O. The second kappa shape index (κ2) is 7.63. The minimum absolute atomic E-state index is 0.0634. The minimum Gasteiger partial charge on any atom is -0.355 e. The highest BCUT2D eigenvalue weighted by atomic mass is 16.2. The molecule has 1 rings (SSSR count). The van der Waals surface area contributed by atoms with Gasteiger partial charge in [0.1, 0.15) is 0 Å². The third-order valence-corrected chi connectivity index (χ3v) is 3.22. The summed E-state index contributed by atoms with van der Waals surface area (Å²) >= 11 is 0. The number of hydrogen-bond donors (Lipinski definition) is 2. The van der Waals surface area contributed by atoms with Crippen LogP contribution in [0.15, 0.2) is 0 Å². The van der Waals surface area contributed by atoms with Crippen LogP contribution in [-0.2, 0) is 4.79 Å². The highest BCUT2D eigenvalue weighted by Gasteiger charge is 2.20. The lowest BCUT2D eigenvalue weighted by molar-refractivity contribution is -0.122. The Labute approximate surface area is 98.8 Å². The first-order chi connectivity index (χ1) is 7.77. The van der Waals surface area contributed by atoms with E-state index >= 15 is 0 Å². The van der Waals surface area contributed by atoms with Crippen molar-refractivity contribution in [3.8, 4) is 0 Å². The van der Waals surface area contributed by atoms with Gasteiger partial charge in [-0.25, -0.2) is 0 Å². The monoisotopic (exact) mass is 227 g/mol. The Hall–Kier alpha value is -0.610. The predicted octanol–water partition coefficient (Wildman–Crippen LogP) is 0.587. The Morgan fingerprint density at radius 2 is 2.19 bits per heavy atom. The molecule has 0 bridgehead atoms. The van der Waals surface area contributed by atoms with Gasteiger partial charge in [-0.2, -0.15) is 0 Å². The Morgan fingerprint density at radius 1 is 1.44 bits per heavy atom. The normalized spacial score (nSPS) is 20.3. The smallest absolute Gasteiger partial charge is 0.237 e. The lowest BCUT2D eigenvalue weighted by Crippen LogP contribution is -2.41. The van der Waals surface area contributed by atoms with Crippen molar-refractivity contribution in [3.63, 3.8) is 0 Å². The van der Waals surface area contributed by atoms with Gasteiger partial charge in [0.2, 0.25) is 5.91 Å². The maximum absolute atomic E-state index is 11.6. The molecule has 0 spiro atoms. The summed E-state index contributed by atoms with van der Waals surface area (Å²) in [6, 6.07) is 0.0634. The Bertz CT molecular complexity index is 198. The fourth-order valence-electron chi connectivity index (χ4n) is 2.09. The summed E-state index contributed by atoms with van der Waals surface area (Å²) < 4.78 is 0. The average molecular weight is 227 g/mol. The van der Waals surface area contributed by atoms with E-state index in [1.807, 2.05) is 0 Å². The van der Waals surface area contributed by atoms with E-state index in [0.717, 1.165) is 52.0 Å². The van der Waals surface area contributed by atoms with Crippen LogP contribution in [0.1, 0.15) is 33.1 Å². The molecule has 0 unspecified atom stereocenters. The van der Waals surface area contributed by atoms with Gasteiger partial charge >= 0.3 is 0 Å². The van der Waals surface area contributed by atoms with Gasteiger partial charge in [-0.05, 0) is 45.4 Å². The van der Waals surface area contributed by atoms with Crippen LogP contribution in [-0.4, -0.2) is 49.6 Å². The molecule has 1 saturated heterocycles. The lowest BCUT2D eigenvalue weighted by Gasteiger charge is -2.18. The number of carbonyl (C=O) groups excluding carboxylic acids is 1. The van der Waals surface area contributed by atoms with Crippen LogP contribution in [0.2, 0.25) is 0 Å². The molecule has 0 saturated carbocycles. The SMILES string of the molecule is CCN(CC)CCCNC(=O)[C@H]1CCCN1. The van der Waals surface area contributed by atoms with Crippen LogP contribution in [0, 0.1) is 0 Å². The van der Waals surface area contributed by atoms with Crippen molar-refractivity contribution in [2.24, 2.45) is 0 Å². The average Bonchev–Trinajstić information content (AvgIpc) is 2.82. The summed E-state index contributed by atoms with van der Waals surface area (Å²) in [6.07, 6.45) is 3.15. The quantitative estimate of drug-likeness (QED) is 0.626. The third-order valence-electron chi connectivity index (χ3n) is 3.22. The Morgan fingerprint density at radius 3 is 2.75 bits per heavy atom. The summed E-state index contributed by atoms with van der Waals surface area (Å²) in [4.78, 5) is 14.0. The van der Waals surface area contributed by atoms with Gasteiger partial charge in [0.05, 0.1) is 6.04 Å². The van der Waals surface area contributed by atoms with Crippen molar-refractivity contribution in [2.75, 3.05) is 32.7 Å². The molecule has 0 aromatic carbocycles. The Kier molecular flexibility index (Phi) is 6.42. The fraction of sp³-hybridized carbons (Fsp3) is 0.917. The van der Waals surface area contributed by atoms with E-state index in [-0.39, 0.29) is 11.9 Å². The lowest BCUT2D eigenvalue weighted by atomic mass is 10.2. The first-order valence-corrected chi connectivity index (χ1v) is 6.51. The van der Waals surface area contributed by atoms with Crippen molar-refractivity contribution in [3.05, 3.63) is 0 Å². The van der Waals surface area contributed by atoms with Gasteiger partial charge in [0.15, 0.2) is 0 Å². The zero-order chi connectivity index (χ0) is 11.8. The molecule has 1 fully saturated rings. The molecule has 94 valence electrons. The first kappa shape index (κ1) is 13.5. The highest BCUT2D eigenvalue weighted by molar-refractivity contribution is 5.81. The molecule has 0 aliphatic carbocycles. The van der Waals surface area contributed by atoms with Gasteiger partial charge in [0.25, 0.3) is 0 Å². The van der Waals surface area contributed by atoms with Crippen molar-refractivity contribution < 1.29 is 4.79 Å². The molecular weight excluding hydrogens is 202 g/mol. The molecule has 1 aliphatic rings. The molecule has 1 aliphatic heterocycles. The first-order valence-electron chi connectivity index (χ1n) is 6.51. The maximum atomic E-state index is 11.6. The van der Waals surface area contributed by atoms with E-state index in [2.05, 4.69) is 29.4 Å². The van der Waals surface area contributed by atoms with Crippen LogP contribution in [0.5, 0.6) is 0 Å². The summed E-state index contributed by atoms with van der Waals surface area (Å²) in [6.45, 7) is 9.38. The molecule has 1 heterocycles. The van der Waals surface area contributed by atoms with Gasteiger partial charge < -0.3 is 15.5 Å². The molecule has 1 atom stereocenters. The second-order valence-corrected chi connectivity index (χ2v) is 4.32. The molecule has 0 aromatic heterocycles. The number of hydrogen-bond acceptors (Lipinski definition) is 3. The van der Waals surface area contributed by atoms with E-state index in [1.54, 1.807) is 0 Å². The largest absolute Gasteiger partial charge is 0.355 e. The van der Waals surface area contributed by atoms with E-state index in [9.17, 15) is 4.79 Å². The highest BCUT2D eigenvalue weighted by Crippen LogP contribution is 2.04. The van der Waals surface area contributed by atoms with E-state index in [1.165, 1.54) is 0 Å². The standard InChI is InChI=1S/C12H25N3O/c1-3-15(4-2)10-6-9-14-12(16)11-7-5-8-13-11/h11,13H,3-10H2,1-2H3,(H,14,16)/t11-/m1/s1. The topological polar surface area (TPSA) is 44.4 Å². The van der Waals surface area contributed by atoms with Crippen LogP contribution in [0.25, 0.3) is 0 Å². The minimum atomic E-state index is 0.0634. The van der Waals surface area contributed by atoms with Crippen molar-refractivity contribution in [1.29, 1.82) is 0 Å². The van der Waals surface area contributed by atoms with Crippen LogP contribution in [0.3, 0.4) is 0 Å². The number of nitrogens with zero attached hydrogens (tertiary/aromatic N) is 1. The predicted molar refractivity (Wildman–Crippen MR) is 66.4 cm³/mol. The summed E-state index contributed by atoms with van der Waals surface area (Å²) in [5, 5.41) is 6.21. The van der Waals surface area contributed by atoms with Crippen molar-refractivity contribution >= 4 is 5.91 Å². The summed E-state index contributed by atoms with van der Waals surface area (Å²) in [5.41, 5.74) is 0. The zero-order valence-electron chi connectivity index (χ0n) is 10.6. The third kappa shape index (κ3) is 4.49. The number of nitrogens with one attached hydrogen (secondary N) is 2. The van der Waals surface area contributed by atoms with E-state index < -0.39 is 0 Å². The Balaban J connectivity index is 2.03. The van der Waals surface area contributed by atoms with Gasteiger partial charge in [-0.3, -0.25) is 4.79 Å². The summed E-state index contributed by atoms with van der Waals surface area (Å²) in [7, 11) is 0. The van der Waals surface area contributed by atoms with Crippen LogP contribution in [0.4, 0.5) is 0 Å². The molecule has 4 nitrogen and oxygen atoms in total. The van der Waals surface area contributed by atoms with Gasteiger partial charge in [-0.15, -0.1) is 0 Å². The van der Waals surface area contributed by atoms with Crippen molar-refractivity contribution in [2.45, 2.75) is 39.2 Å². The molecule has 16 heavy (non-hydrogen) atoms. The van der Waals surface area contributed by atoms with E-state index in [0.29, 0.717) is 0 Å². The van der Waals surface area contributed by atoms with Crippen molar-refractivity contribution in [1.82, 2.24) is 15.5 Å². The van der Waals surface area contributed by atoms with E-state index in [4.69, 9.17) is 0 Å². The fourth-order valence-corrected chi connectivity index (χ4v) is 2.09. The van der Waals surface area contributed by atoms with Gasteiger partial charge in [-0.1, -0.05) is 13.8 Å². The maximum Gasteiger partial charge on any atom is 0.237 e. The summed E-state index contributed by atoms with van der Waals surface area (Å²) in [5.74, 6) is 0.178. The van der Waals surface area contributed by atoms with Crippen LogP contribution < -0.4 is 10.6 Å². The number of carbonyl (C=O) groups is 1. The number of amides is 1. The molecule has 2 N–H and O–H groups in total. The number of rotatable bonds is 7. The van der Waals surface area contributed by atoms with Crippen LogP contribution >= 0.6 is 0 Å². The second-order valence-electron chi connectivity index (χ2n) is 4.32. The molecule has 0 radical (unpaired) electrons. The molecule has 0 aromatic rings. The zero-order valence-corrected chi connectivity index (χ0v) is 10.6.